The minimum absolute atomic E-state index is 0.123. The monoisotopic (exact) mass is 319 g/mol. The zero-order valence-electron chi connectivity index (χ0n) is 10.1. The SMILES string of the molecule is CCNC(COC)CS(=O)c1ccccc1Br. The maximum Gasteiger partial charge on any atom is 0.0624 e. The number of ether oxygens (including phenoxy) is 1. The standard InChI is InChI=1S/C12H18BrNO2S/c1-3-14-10(8-16-2)9-17(15)12-7-5-4-6-11(12)13/h4-7,10,14H,3,8-9H2,1-2H3. The number of hydrogen-bond donors (Lipinski definition) is 1. The molecule has 0 fully saturated rings. The number of methoxy groups -OCH3 is 1. The lowest BCUT2D eigenvalue weighted by molar-refractivity contribution is 0.174. The molecule has 0 amide bonds. The first-order valence-electron chi connectivity index (χ1n) is 5.54. The van der Waals surface area contributed by atoms with Gasteiger partial charge in [-0.1, -0.05) is 19.1 Å². The Kier molecular flexibility index (Phi) is 6.96. The number of rotatable bonds is 7. The summed E-state index contributed by atoms with van der Waals surface area (Å²) < 4.78 is 18.2. The number of benzene rings is 1. The zero-order chi connectivity index (χ0) is 12.7. The van der Waals surface area contributed by atoms with Crippen LogP contribution in [0.25, 0.3) is 0 Å². The summed E-state index contributed by atoms with van der Waals surface area (Å²) in [7, 11) is 0.641. The molecule has 3 nitrogen and oxygen atoms in total. The molecule has 2 unspecified atom stereocenters. The molecule has 96 valence electrons. The van der Waals surface area contributed by atoms with Crippen LogP contribution in [0.5, 0.6) is 0 Å². The van der Waals surface area contributed by atoms with E-state index in [1.54, 1.807) is 7.11 Å². The fourth-order valence-electron chi connectivity index (χ4n) is 1.56. The van der Waals surface area contributed by atoms with Gasteiger partial charge in [-0.05, 0) is 34.6 Å². The van der Waals surface area contributed by atoms with Crippen molar-refractivity contribution in [2.24, 2.45) is 0 Å². The van der Waals surface area contributed by atoms with Crippen LogP contribution >= 0.6 is 15.9 Å². The predicted molar refractivity (Wildman–Crippen MR) is 74.8 cm³/mol. The Morgan fingerprint density at radius 2 is 2.18 bits per heavy atom. The van der Waals surface area contributed by atoms with Gasteiger partial charge in [-0.3, -0.25) is 4.21 Å². The van der Waals surface area contributed by atoms with Gasteiger partial charge in [-0.15, -0.1) is 0 Å². The second kappa shape index (κ2) is 7.97. The summed E-state index contributed by atoms with van der Waals surface area (Å²) in [5.74, 6) is 0.560. The summed E-state index contributed by atoms with van der Waals surface area (Å²) in [5.41, 5.74) is 0. The summed E-state index contributed by atoms with van der Waals surface area (Å²) in [4.78, 5) is 0.839. The van der Waals surface area contributed by atoms with Crippen LogP contribution in [-0.2, 0) is 15.5 Å². The molecule has 17 heavy (non-hydrogen) atoms. The number of likely N-dealkylation sites (N-methyl/N-ethyl adjacent to an activating group) is 1. The fraction of sp³-hybridized carbons (Fsp3) is 0.500. The van der Waals surface area contributed by atoms with E-state index in [0.717, 1.165) is 15.9 Å². The quantitative estimate of drug-likeness (QED) is 0.837. The number of hydrogen-bond acceptors (Lipinski definition) is 3. The zero-order valence-corrected chi connectivity index (χ0v) is 12.5. The molecular formula is C12H18BrNO2S. The van der Waals surface area contributed by atoms with Gasteiger partial charge in [0.15, 0.2) is 0 Å². The van der Waals surface area contributed by atoms with Gasteiger partial charge >= 0.3 is 0 Å². The molecule has 0 heterocycles. The lowest BCUT2D eigenvalue weighted by atomic mass is 10.3. The summed E-state index contributed by atoms with van der Waals surface area (Å²) >= 11 is 3.42. The van der Waals surface area contributed by atoms with E-state index in [9.17, 15) is 4.21 Å². The Hall–Kier alpha value is -0.230. The molecule has 1 aromatic rings. The van der Waals surface area contributed by atoms with Crippen LogP contribution < -0.4 is 5.32 Å². The van der Waals surface area contributed by atoms with Crippen LogP contribution in [0.3, 0.4) is 0 Å². The summed E-state index contributed by atoms with van der Waals surface area (Å²) in [6.45, 7) is 3.45. The largest absolute Gasteiger partial charge is 0.383 e. The topological polar surface area (TPSA) is 38.3 Å². The summed E-state index contributed by atoms with van der Waals surface area (Å²) in [6.07, 6.45) is 0. The molecule has 0 saturated heterocycles. The Labute approximate surface area is 114 Å². The Bertz CT molecular complexity index is 367. The van der Waals surface area contributed by atoms with Gasteiger partial charge in [-0.25, -0.2) is 0 Å². The third-order valence-corrected chi connectivity index (χ3v) is 4.80. The van der Waals surface area contributed by atoms with Crippen molar-refractivity contribution in [2.75, 3.05) is 26.0 Å². The first kappa shape index (κ1) is 14.8. The number of halogens is 1. The first-order valence-corrected chi connectivity index (χ1v) is 7.65. The Morgan fingerprint density at radius 3 is 2.76 bits per heavy atom. The van der Waals surface area contributed by atoms with E-state index in [4.69, 9.17) is 4.74 Å². The smallest absolute Gasteiger partial charge is 0.0624 e. The molecular weight excluding hydrogens is 302 g/mol. The van der Waals surface area contributed by atoms with Crippen molar-refractivity contribution < 1.29 is 8.95 Å². The first-order chi connectivity index (χ1) is 8.19. The van der Waals surface area contributed by atoms with E-state index in [0.29, 0.717) is 12.4 Å². The fourth-order valence-corrected chi connectivity index (χ4v) is 3.66. The second-order valence-electron chi connectivity index (χ2n) is 3.65. The molecule has 2 atom stereocenters. The highest BCUT2D eigenvalue weighted by Gasteiger charge is 2.14. The van der Waals surface area contributed by atoms with Crippen molar-refractivity contribution in [3.63, 3.8) is 0 Å². The molecule has 0 bridgehead atoms. The van der Waals surface area contributed by atoms with E-state index >= 15 is 0 Å². The third-order valence-electron chi connectivity index (χ3n) is 2.30. The van der Waals surface area contributed by atoms with Crippen molar-refractivity contribution in [3.05, 3.63) is 28.7 Å². The van der Waals surface area contributed by atoms with Crippen LogP contribution in [0.1, 0.15) is 6.92 Å². The highest BCUT2D eigenvalue weighted by Crippen LogP contribution is 2.20. The molecule has 0 aliphatic carbocycles. The second-order valence-corrected chi connectivity index (χ2v) is 5.97. The van der Waals surface area contributed by atoms with Crippen LogP contribution in [0.15, 0.2) is 33.6 Å². The molecule has 1 aromatic carbocycles. The van der Waals surface area contributed by atoms with Crippen molar-refractivity contribution >= 4 is 26.7 Å². The van der Waals surface area contributed by atoms with Gasteiger partial charge in [0.25, 0.3) is 0 Å². The van der Waals surface area contributed by atoms with Crippen LogP contribution in [0, 0.1) is 0 Å². The van der Waals surface area contributed by atoms with Crippen molar-refractivity contribution in [1.82, 2.24) is 5.32 Å². The Balaban J connectivity index is 2.67. The molecule has 0 radical (unpaired) electrons. The maximum absolute atomic E-state index is 12.2. The van der Waals surface area contributed by atoms with Crippen molar-refractivity contribution in [1.29, 1.82) is 0 Å². The normalized spacial score (nSPS) is 14.5. The predicted octanol–water partition coefficient (Wildman–Crippen LogP) is 2.18. The minimum Gasteiger partial charge on any atom is -0.383 e. The Morgan fingerprint density at radius 1 is 1.47 bits per heavy atom. The minimum atomic E-state index is -1.02. The molecule has 0 aromatic heterocycles. The van der Waals surface area contributed by atoms with Gasteiger partial charge in [-0.2, -0.15) is 0 Å². The van der Waals surface area contributed by atoms with E-state index in [1.165, 1.54) is 0 Å². The average molecular weight is 320 g/mol. The molecule has 0 saturated carbocycles. The van der Waals surface area contributed by atoms with Gasteiger partial charge < -0.3 is 10.1 Å². The molecule has 1 rings (SSSR count). The third kappa shape index (κ3) is 4.87. The highest BCUT2D eigenvalue weighted by molar-refractivity contribution is 9.10. The van der Waals surface area contributed by atoms with Crippen LogP contribution in [0.4, 0.5) is 0 Å². The highest BCUT2D eigenvalue weighted by atomic mass is 79.9. The summed E-state index contributed by atoms with van der Waals surface area (Å²) in [5, 5.41) is 3.27. The molecule has 0 aliphatic rings. The van der Waals surface area contributed by atoms with Gasteiger partial charge in [0, 0.05) is 23.4 Å². The lowest BCUT2D eigenvalue weighted by Gasteiger charge is -2.16. The van der Waals surface area contributed by atoms with Crippen LogP contribution in [-0.4, -0.2) is 36.3 Å². The summed E-state index contributed by atoms with van der Waals surface area (Å²) in [6, 6.07) is 7.73. The molecule has 0 spiro atoms. The van der Waals surface area contributed by atoms with Gasteiger partial charge in [0.2, 0.25) is 0 Å². The maximum atomic E-state index is 12.2. The van der Waals surface area contributed by atoms with E-state index in [-0.39, 0.29) is 6.04 Å². The van der Waals surface area contributed by atoms with Gasteiger partial charge in [0.05, 0.1) is 22.3 Å². The average Bonchev–Trinajstić information content (AvgIpc) is 2.30. The van der Waals surface area contributed by atoms with E-state index < -0.39 is 10.8 Å². The van der Waals surface area contributed by atoms with Crippen molar-refractivity contribution in [2.45, 2.75) is 17.9 Å². The van der Waals surface area contributed by atoms with Gasteiger partial charge in [0.1, 0.15) is 0 Å². The molecule has 0 aliphatic heterocycles. The molecule has 5 heteroatoms. The van der Waals surface area contributed by atoms with E-state index in [2.05, 4.69) is 21.2 Å². The van der Waals surface area contributed by atoms with Crippen molar-refractivity contribution in [3.8, 4) is 0 Å². The van der Waals surface area contributed by atoms with Crippen LogP contribution in [0.2, 0.25) is 0 Å². The lowest BCUT2D eigenvalue weighted by Crippen LogP contribution is -2.37. The molecule has 1 N–H and O–H groups in total. The van der Waals surface area contributed by atoms with E-state index in [1.807, 2.05) is 31.2 Å². The number of nitrogens with one attached hydrogen (secondary N) is 1.